The topological polar surface area (TPSA) is 37.4 Å². The monoisotopic (exact) mass is 209 g/mol. The largest absolute Gasteiger partial charge is 0.275 e. The number of amides is 2. The second-order valence-corrected chi connectivity index (χ2v) is 4.83. The summed E-state index contributed by atoms with van der Waals surface area (Å²) >= 11 is 0. The van der Waals surface area contributed by atoms with E-state index in [9.17, 15) is 9.59 Å². The molecule has 0 aromatic rings. The molecule has 1 rings (SSSR count). The minimum Gasteiger partial charge on any atom is -0.275 e. The highest BCUT2D eigenvalue weighted by Gasteiger charge is 2.26. The number of carbonyl (C=O) groups is 2. The van der Waals surface area contributed by atoms with Gasteiger partial charge in [0.2, 0.25) is 0 Å². The Morgan fingerprint density at radius 3 is 2.13 bits per heavy atom. The van der Waals surface area contributed by atoms with Crippen LogP contribution < -0.4 is 0 Å². The molecule has 0 aromatic heterocycles. The third kappa shape index (κ3) is 3.18. The van der Waals surface area contributed by atoms with E-state index >= 15 is 0 Å². The molecule has 15 heavy (non-hydrogen) atoms. The molecule has 2 amide bonds. The standard InChI is InChI=1S/C12H19NO2/c1-4-7-12(2,3)8-9-13-10(14)5-6-11(13)15/h5-6H,4,7-9H2,1-3H3. The highest BCUT2D eigenvalue weighted by Crippen LogP contribution is 2.27. The van der Waals surface area contributed by atoms with Crippen LogP contribution in [0.15, 0.2) is 12.2 Å². The van der Waals surface area contributed by atoms with E-state index in [1.807, 2.05) is 0 Å². The van der Waals surface area contributed by atoms with Crippen LogP contribution >= 0.6 is 0 Å². The van der Waals surface area contributed by atoms with E-state index in [4.69, 9.17) is 0 Å². The van der Waals surface area contributed by atoms with Crippen LogP contribution in [0.25, 0.3) is 0 Å². The van der Waals surface area contributed by atoms with Gasteiger partial charge >= 0.3 is 0 Å². The molecule has 84 valence electrons. The molecule has 1 heterocycles. The van der Waals surface area contributed by atoms with Gasteiger partial charge in [0, 0.05) is 18.7 Å². The molecular weight excluding hydrogens is 190 g/mol. The zero-order valence-corrected chi connectivity index (χ0v) is 9.75. The normalized spacial score (nSPS) is 16.6. The van der Waals surface area contributed by atoms with Crippen molar-refractivity contribution in [1.29, 1.82) is 0 Å². The Morgan fingerprint density at radius 1 is 1.13 bits per heavy atom. The van der Waals surface area contributed by atoms with Gasteiger partial charge in [-0.15, -0.1) is 0 Å². The summed E-state index contributed by atoms with van der Waals surface area (Å²) < 4.78 is 0. The van der Waals surface area contributed by atoms with Crippen LogP contribution in [-0.2, 0) is 9.59 Å². The quantitative estimate of drug-likeness (QED) is 0.650. The summed E-state index contributed by atoms with van der Waals surface area (Å²) in [5.74, 6) is -0.348. The molecule has 3 heteroatoms. The van der Waals surface area contributed by atoms with Crippen molar-refractivity contribution < 1.29 is 9.59 Å². The molecule has 0 spiro atoms. The van der Waals surface area contributed by atoms with Crippen molar-refractivity contribution in [3.8, 4) is 0 Å². The molecule has 1 aliphatic rings. The highest BCUT2D eigenvalue weighted by molar-refractivity contribution is 6.12. The summed E-state index contributed by atoms with van der Waals surface area (Å²) in [6, 6.07) is 0. The second-order valence-electron chi connectivity index (χ2n) is 4.83. The van der Waals surface area contributed by atoms with Crippen LogP contribution in [0, 0.1) is 5.41 Å². The lowest BCUT2D eigenvalue weighted by molar-refractivity contribution is -0.137. The molecule has 0 bridgehead atoms. The van der Waals surface area contributed by atoms with Gasteiger partial charge in [0.15, 0.2) is 0 Å². The first-order valence-corrected chi connectivity index (χ1v) is 5.50. The van der Waals surface area contributed by atoms with Gasteiger partial charge in [0.1, 0.15) is 0 Å². The van der Waals surface area contributed by atoms with Crippen molar-refractivity contribution in [2.45, 2.75) is 40.0 Å². The van der Waals surface area contributed by atoms with E-state index in [0.717, 1.165) is 19.3 Å². The van der Waals surface area contributed by atoms with Gasteiger partial charge in [0.25, 0.3) is 11.8 Å². The van der Waals surface area contributed by atoms with Gasteiger partial charge in [0.05, 0.1) is 0 Å². The van der Waals surface area contributed by atoms with Crippen molar-refractivity contribution in [1.82, 2.24) is 4.90 Å². The van der Waals surface area contributed by atoms with Crippen LogP contribution in [0.4, 0.5) is 0 Å². The lowest BCUT2D eigenvalue weighted by atomic mass is 9.84. The van der Waals surface area contributed by atoms with Gasteiger partial charge in [-0.1, -0.05) is 27.2 Å². The SMILES string of the molecule is CCCC(C)(C)CCN1C(=O)C=CC1=O. The molecule has 1 aliphatic heterocycles. The lowest BCUT2D eigenvalue weighted by Crippen LogP contribution is -2.33. The first kappa shape index (κ1) is 12.0. The van der Waals surface area contributed by atoms with Crippen LogP contribution in [0.3, 0.4) is 0 Å². The first-order chi connectivity index (χ1) is 6.96. The minimum atomic E-state index is -0.174. The Bertz CT molecular complexity index is 274. The Labute approximate surface area is 91.1 Å². The summed E-state index contributed by atoms with van der Waals surface area (Å²) in [5.41, 5.74) is 0.206. The van der Waals surface area contributed by atoms with Crippen molar-refractivity contribution in [3.05, 3.63) is 12.2 Å². The fraction of sp³-hybridized carbons (Fsp3) is 0.667. The smallest absolute Gasteiger partial charge is 0.253 e. The fourth-order valence-corrected chi connectivity index (χ4v) is 1.87. The van der Waals surface area contributed by atoms with Gasteiger partial charge in [-0.3, -0.25) is 14.5 Å². The Hall–Kier alpha value is -1.12. The van der Waals surface area contributed by atoms with Crippen LogP contribution in [0.1, 0.15) is 40.0 Å². The highest BCUT2D eigenvalue weighted by atomic mass is 16.2. The number of hydrogen-bond donors (Lipinski definition) is 0. The molecular formula is C12H19NO2. The maximum absolute atomic E-state index is 11.3. The van der Waals surface area contributed by atoms with E-state index < -0.39 is 0 Å². The molecule has 0 aliphatic carbocycles. The molecule has 0 N–H and O–H groups in total. The average Bonchev–Trinajstić information content (AvgIpc) is 2.44. The van der Waals surface area contributed by atoms with Crippen molar-refractivity contribution in [2.24, 2.45) is 5.41 Å². The second kappa shape index (κ2) is 4.60. The zero-order chi connectivity index (χ0) is 11.5. The van der Waals surface area contributed by atoms with E-state index in [1.165, 1.54) is 17.1 Å². The van der Waals surface area contributed by atoms with Crippen molar-refractivity contribution >= 4 is 11.8 Å². The molecule has 0 unspecified atom stereocenters. The number of imide groups is 1. The van der Waals surface area contributed by atoms with Gasteiger partial charge in [-0.05, 0) is 18.3 Å². The first-order valence-electron chi connectivity index (χ1n) is 5.50. The summed E-state index contributed by atoms with van der Waals surface area (Å²) in [7, 11) is 0. The van der Waals surface area contributed by atoms with Crippen LogP contribution in [-0.4, -0.2) is 23.3 Å². The minimum absolute atomic E-state index is 0.174. The van der Waals surface area contributed by atoms with E-state index in [-0.39, 0.29) is 17.2 Å². The Balaban J connectivity index is 2.44. The fourth-order valence-electron chi connectivity index (χ4n) is 1.87. The lowest BCUT2D eigenvalue weighted by Gasteiger charge is -2.26. The molecule has 0 atom stereocenters. The van der Waals surface area contributed by atoms with Crippen molar-refractivity contribution in [2.75, 3.05) is 6.54 Å². The van der Waals surface area contributed by atoms with Crippen LogP contribution in [0.5, 0.6) is 0 Å². The maximum atomic E-state index is 11.3. The van der Waals surface area contributed by atoms with E-state index in [1.54, 1.807) is 0 Å². The number of carbonyl (C=O) groups excluding carboxylic acids is 2. The molecule has 3 nitrogen and oxygen atoms in total. The molecule has 0 saturated heterocycles. The summed E-state index contributed by atoms with van der Waals surface area (Å²) in [4.78, 5) is 23.9. The summed E-state index contributed by atoms with van der Waals surface area (Å²) in [5, 5.41) is 0. The number of nitrogens with zero attached hydrogens (tertiary/aromatic N) is 1. The predicted molar refractivity (Wildman–Crippen MR) is 59.2 cm³/mol. The molecule has 0 aromatic carbocycles. The van der Waals surface area contributed by atoms with Crippen molar-refractivity contribution in [3.63, 3.8) is 0 Å². The van der Waals surface area contributed by atoms with E-state index in [0.29, 0.717) is 6.54 Å². The van der Waals surface area contributed by atoms with E-state index in [2.05, 4.69) is 20.8 Å². The summed E-state index contributed by atoms with van der Waals surface area (Å²) in [6.07, 6.45) is 5.81. The third-order valence-electron chi connectivity index (χ3n) is 2.84. The van der Waals surface area contributed by atoms with Gasteiger partial charge in [-0.2, -0.15) is 0 Å². The third-order valence-corrected chi connectivity index (χ3v) is 2.84. The number of rotatable bonds is 5. The average molecular weight is 209 g/mol. The zero-order valence-electron chi connectivity index (χ0n) is 9.75. The van der Waals surface area contributed by atoms with Gasteiger partial charge < -0.3 is 0 Å². The maximum Gasteiger partial charge on any atom is 0.253 e. The molecule has 0 fully saturated rings. The van der Waals surface area contributed by atoms with Crippen LogP contribution in [0.2, 0.25) is 0 Å². The Morgan fingerprint density at radius 2 is 1.67 bits per heavy atom. The van der Waals surface area contributed by atoms with Gasteiger partial charge in [-0.25, -0.2) is 0 Å². The predicted octanol–water partition coefficient (Wildman–Crippen LogP) is 2.13. The number of hydrogen-bond acceptors (Lipinski definition) is 2. The Kier molecular flexibility index (Phi) is 3.66. The molecule has 0 radical (unpaired) electrons. The summed E-state index contributed by atoms with van der Waals surface area (Å²) in [6.45, 7) is 7.04. The molecule has 0 saturated carbocycles.